The van der Waals surface area contributed by atoms with Crippen LogP contribution in [0.5, 0.6) is 0 Å². The van der Waals surface area contributed by atoms with Crippen molar-refractivity contribution in [2.75, 3.05) is 6.54 Å². The third-order valence-corrected chi connectivity index (χ3v) is 1.18. The van der Waals surface area contributed by atoms with Crippen molar-refractivity contribution in [1.29, 1.82) is 0 Å². The van der Waals surface area contributed by atoms with Gasteiger partial charge in [0.05, 0.1) is 5.57 Å². The van der Waals surface area contributed by atoms with E-state index in [9.17, 15) is 13.2 Å². The standard InChI is InChI=1S/C5H6F3N/c6-5(7,8)4-1-2-9-3-4/h3,9H,1-2H2. The van der Waals surface area contributed by atoms with E-state index in [-0.39, 0.29) is 6.42 Å². The molecule has 0 spiro atoms. The maximum atomic E-state index is 11.7. The summed E-state index contributed by atoms with van der Waals surface area (Å²) in [6.45, 7) is 0.412. The lowest BCUT2D eigenvalue weighted by Gasteiger charge is -2.03. The highest BCUT2D eigenvalue weighted by molar-refractivity contribution is 5.12. The van der Waals surface area contributed by atoms with Crippen molar-refractivity contribution in [1.82, 2.24) is 5.32 Å². The molecule has 0 atom stereocenters. The summed E-state index contributed by atoms with van der Waals surface area (Å²) in [6.07, 6.45) is -2.99. The van der Waals surface area contributed by atoms with Crippen LogP contribution in [0.3, 0.4) is 0 Å². The second-order valence-electron chi connectivity index (χ2n) is 1.87. The molecule has 1 heterocycles. The van der Waals surface area contributed by atoms with Crippen LogP contribution in [0.15, 0.2) is 11.8 Å². The third kappa shape index (κ3) is 1.37. The first-order chi connectivity index (χ1) is 4.11. The van der Waals surface area contributed by atoms with Gasteiger partial charge in [0.15, 0.2) is 0 Å². The lowest BCUT2D eigenvalue weighted by molar-refractivity contribution is -0.0929. The minimum absolute atomic E-state index is 0.101. The van der Waals surface area contributed by atoms with E-state index in [4.69, 9.17) is 0 Å². The number of halogens is 3. The largest absolute Gasteiger partial charge is 0.414 e. The zero-order valence-electron chi connectivity index (χ0n) is 4.63. The molecule has 9 heavy (non-hydrogen) atoms. The minimum Gasteiger partial charge on any atom is -0.390 e. The summed E-state index contributed by atoms with van der Waals surface area (Å²) in [5, 5.41) is 2.50. The molecule has 52 valence electrons. The van der Waals surface area contributed by atoms with Crippen LogP contribution in [-0.4, -0.2) is 12.7 Å². The fourth-order valence-corrected chi connectivity index (χ4v) is 0.698. The molecule has 0 aliphatic carbocycles. The van der Waals surface area contributed by atoms with Crippen molar-refractivity contribution in [2.24, 2.45) is 0 Å². The molecule has 1 nitrogen and oxygen atoms in total. The lowest BCUT2D eigenvalue weighted by atomic mass is 10.2. The summed E-state index contributed by atoms with van der Waals surface area (Å²) in [7, 11) is 0. The molecule has 0 aromatic rings. The first-order valence-corrected chi connectivity index (χ1v) is 2.60. The van der Waals surface area contributed by atoms with E-state index in [1.807, 2.05) is 0 Å². The van der Waals surface area contributed by atoms with Gasteiger partial charge in [-0.05, 0) is 6.42 Å². The fourth-order valence-electron chi connectivity index (χ4n) is 0.698. The molecule has 1 aliphatic heterocycles. The molecule has 0 saturated carbocycles. The predicted molar refractivity (Wildman–Crippen MR) is 26.8 cm³/mol. The van der Waals surface area contributed by atoms with Gasteiger partial charge in [0, 0.05) is 12.7 Å². The fraction of sp³-hybridized carbons (Fsp3) is 0.600. The number of alkyl halides is 3. The van der Waals surface area contributed by atoms with Crippen molar-refractivity contribution < 1.29 is 13.2 Å². The number of rotatable bonds is 0. The molecule has 0 unspecified atom stereocenters. The highest BCUT2D eigenvalue weighted by Gasteiger charge is 2.34. The average molecular weight is 137 g/mol. The van der Waals surface area contributed by atoms with Gasteiger partial charge in [-0.3, -0.25) is 0 Å². The summed E-state index contributed by atoms with van der Waals surface area (Å²) in [5.74, 6) is 0. The summed E-state index contributed by atoms with van der Waals surface area (Å²) >= 11 is 0. The molecule has 0 fully saturated rings. The van der Waals surface area contributed by atoms with Gasteiger partial charge in [-0.25, -0.2) is 0 Å². The average Bonchev–Trinajstić information content (AvgIpc) is 2.08. The van der Waals surface area contributed by atoms with Gasteiger partial charge in [0.25, 0.3) is 0 Å². The first-order valence-electron chi connectivity index (χ1n) is 2.60. The Morgan fingerprint density at radius 3 is 2.33 bits per heavy atom. The van der Waals surface area contributed by atoms with E-state index >= 15 is 0 Å². The van der Waals surface area contributed by atoms with Crippen LogP contribution < -0.4 is 5.32 Å². The monoisotopic (exact) mass is 137 g/mol. The number of hydrogen-bond donors (Lipinski definition) is 1. The third-order valence-electron chi connectivity index (χ3n) is 1.18. The molecule has 0 aromatic carbocycles. The van der Waals surface area contributed by atoms with Crippen molar-refractivity contribution in [3.63, 3.8) is 0 Å². The smallest absolute Gasteiger partial charge is 0.390 e. The van der Waals surface area contributed by atoms with Gasteiger partial charge in [-0.2, -0.15) is 13.2 Å². The van der Waals surface area contributed by atoms with Crippen LogP contribution in [0.25, 0.3) is 0 Å². The molecule has 4 heteroatoms. The second-order valence-corrected chi connectivity index (χ2v) is 1.87. The maximum Gasteiger partial charge on any atom is 0.414 e. The zero-order valence-corrected chi connectivity index (χ0v) is 4.63. The molecule has 0 bridgehead atoms. The van der Waals surface area contributed by atoms with E-state index in [0.717, 1.165) is 6.20 Å². The highest BCUT2D eigenvalue weighted by Crippen LogP contribution is 2.28. The Kier molecular flexibility index (Phi) is 1.38. The van der Waals surface area contributed by atoms with Gasteiger partial charge in [-0.15, -0.1) is 0 Å². The van der Waals surface area contributed by atoms with Crippen LogP contribution in [0, 0.1) is 0 Å². The quantitative estimate of drug-likeness (QED) is 0.532. The van der Waals surface area contributed by atoms with Gasteiger partial charge in [0.2, 0.25) is 0 Å². The summed E-state index contributed by atoms with van der Waals surface area (Å²) in [5.41, 5.74) is -0.456. The predicted octanol–water partition coefficient (Wildman–Crippen LogP) is 1.43. The van der Waals surface area contributed by atoms with E-state index in [2.05, 4.69) is 5.32 Å². The normalized spacial score (nSPS) is 19.2. The molecule has 1 rings (SSSR count). The Morgan fingerprint density at radius 2 is 2.11 bits per heavy atom. The molecule has 1 aliphatic rings. The Morgan fingerprint density at radius 1 is 1.44 bits per heavy atom. The molecular formula is C5H6F3N. The maximum absolute atomic E-state index is 11.7. The van der Waals surface area contributed by atoms with Gasteiger partial charge >= 0.3 is 6.18 Å². The van der Waals surface area contributed by atoms with Crippen molar-refractivity contribution in [3.8, 4) is 0 Å². The molecule has 0 amide bonds. The number of nitrogens with one attached hydrogen (secondary N) is 1. The summed E-state index contributed by atoms with van der Waals surface area (Å²) < 4.78 is 35.0. The topological polar surface area (TPSA) is 12.0 Å². The Balaban J connectivity index is 2.61. The Labute approximate surface area is 50.6 Å². The van der Waals surface area contributed by atoms with Gasteiger partial charge < -0.3 is 5.32 Å². The van der Waals surface area contributed by atoms with E-state index in [0.29, 0.717) is 6.54 Å². The van der Waals surface area contributed by atoms with Crippen molar-refractivity contribution >= 4 is 0 Å². The Bertz CT molecular complexity index is 136. The van der Waals surface area contributed by atoms with E-state index in [1.54, 1.807) is 0 Å². The van der Waals surface area contributed by atoms with Gasteiger partial charge in [-0.1, -0.05) is 0 Å². The molecule has 0 aromatic heterocycles. The molecule has 0 saturated heterocycles. The molecule has 0 radical (unpaired) electrons. The van der Waals surface area contributed by atoms with Crippen LogP contribution in [0.1, 0.15) is 6.42 Å². The van der Waals surface area contributed by atoms with Crippen molar-refractivity contribution in [2.45, 2.75) is 12.6 Å². The van der Waals surface area contributed by atoms with Gasteiger partial charge in [0.1, 0.15) is 0 Å². The lowest BCUT2D eigenvalue weighted by Crippen LogP contribution is -2.09. The second kappa shape index (κ2) is 1.93. The molecule has 1 N–H and O–H groups in total. The van der Waals surface area contributed by atoms with Crippen molar-refractivity contribution in [3.05, 3.63) is 11.8 Å². The van der Waals surface area contributed by atoms with E-state index in [1.165, 1.54) is 0 Å². The summed E-state index contributed by atoms with van der Waals surface area (Å²) in [6, 6.07) is 0. The van der Waals surface area contributed by atoms with Crippen LogP contribution in [0.4, 0.5) is 13.2 Å². The summed E-state index contributed by atoms with van der Waals surface area (Å²) in [4.78, 5) is 0. The number of hydrogen-bond acceptors (Lipinski definition) is 1. The SMILES string of the molecule is FC(F)(F)C1=CNCC1. The van der Waals surface area contributed by atoms with Crippen LogP contribution >= 0.6 is 0 Å². The molecular weight excluding hydrogens is 131 g/mol. The minimum atomic E-state index is -4.12. The zero-order chi connectivity index (χ0) is 6.91. The van der Waals surface area contributed by atoms with Crippen LogP contribution in [0.2, 0.25) is 0 Å². The van der Waals surface area contributed by atoms with Crippen LogP contribution in [-0.2, 0) is 0 Å². The van der Waals surface area contributed by atoms with E-state index < -0.39 is 11.7 Å². The highest BCUT2D eigenvalue weighted by atomic mass is 19.4. The first kappa shape index (κ1) is 6.45. The Hall–Kier alpha value is -0.670.